The van der Waals surface area contributed by atoms with Gasteiger partial charge in [-0.1, -0.05) is 0 Å². The molecule has 1 saturated heterocycles. The first kappa shape index (κ1) is 19.8. The predicted molar refractivity (Wildman–Crippen MR) is 113 cm³/mol. The van der Waals surface area contributed by atoms with Crippen LogP contribution in [0.1, 0.15) is 34.6 Å². The smallest absolute Gasteiger partial charge is 0.223 e. The molecule has 3 atom stereocenters. The van der Waals surface area contributed by atoms with Crippen LogP contribution in [0.15, 0.2) is 36.8 Å². The third-order valence-electron chi connectivity index (χ3n) is 5.31. The van der Waals surface area contributed by atoms with E-state index in [-0.39, 0.29) is 17.7 Å². The number of pyridine rings is 2. The summed E-state index contributed by atoms with van der Waals surface area (Å²) in [5.41, 5.74) is 2.49. The number of nitrogens with one attached hydrogen (secondary N) is 1. The van der Waals surface area contributed by atoms with Crippen molar-refractivity contribution in [1.29, 1.82) is 0 Å². The molecule has 29 heavy (non-hydrogen) atoms. The van der Waals surface area contributed by atoms with E-state index in [1.54, 1.807) is 6.20 Å². The van der Waals surface area contributed by atoms with E-state index in [9.17, 15) is 0 Å². The Hall–Kier alpha value is -2.51. The summed E-state index contributed by atoms with van der Waals surface area (Å²) in [5.74, 6) is 0.573. The van der Waals surface area contributed by atoms with E-state index >= 15 is 0 Å². The van der Waals surface area contributed by atoms with Gasteiger partial charge < -0.3 is 14.8 Å². The highest BCUT2D eigenvalue weighted by molar-refractivity contribution is 5.86. The fraction of sp³-hybridized carbons (Fsp3) is 0.500. The second kappa shape index (κ2) is 7.72. The third-order valence-corrected chi connectivity index (χ3v) is 5.31. The summed E-state index contributed by atoms with van der Waals surface area (Å²) >= 11 is 0. The predicted octanol–water partition coefficient (Wildman–Crippen LogP) is 3.39. The Balaban J connectivity index is 1.62. The number of aromatic nitrogens is 4. The van der Waals surface area contributed by atoms with E-state index in [2.05, 4.69) is 50.0 Å². The van der Waals surface area contributed by atoms with Gasteiger partial charge in [0.2, 0.25) is 5.88 Å². The minimum absolute atomic E-state index is 0.0120. The molecular weight excluding hydrogens is 366 g/mol. The van der Waals surface area contributed by atoms with Gasteiger partial charge in [-0.2, -0.15) is 5.10 Å². The van der Waals surface area contributed by atoms with Crippen molar-refractivity contribution in [2.75, 3.05) is 13.2 Å². The molecule has 154 valence electrons. The van der Waals surface area contributed by atoms with Crippen LogP contribution in [0.2, 0.25) is 0 Å². The van der Waals surface area contributed by atoms with Crippen LogP contribution in [0.4, 0.5) is 0 Å². The van der Waals surface area contributed by atoms with Crippen LogP contribution in [0, 0.1) is 0 Å². The average molecular weight is 396 g/mol. The van der Waals surface area contributed by atoms with Crippen molar-refractivity contribution in [1.82, 2.24) is 25.1 Å². The lowest BCUT2D eigenvalue weighted by Gasteiger charge is -2.33. The Morgan fingerprint density at radius 2 is 2.14 bits per heavy atom. The zero-order chi connectivity index (χ0) is 20.6. The molecule has 1 aliphatic heterocycles. The number of rotatable bonds is 4. The summed E-state index contributed by atoms with van der Waals surface area (Å²) in [7, 11) is 0. The van der Waals surface area contributed by atoms with Crippen LogP contribution in [0.25, 0.3) is 22.2 Å². The molecule has 0 saturated carbocycles. The van der Waals surface area contributed by atoms with Gasteiger partial charge in [0.05, 0.1) is 34.4 Å². The zero-order valence-electron chi connectivity index (χ0n) is 17.7. The molecule has 0 aliphatic carbocycles. The zero-order valence-corrected chi connectivity index (χ0v) is 17.7. The Kier molecular flexibility index (Phi) is 5.27. The van der Waals surface area contributed by atoms with Crippen LogP contribution in [0.3, 0.4) is 0 Å². The number of hydrogen-bond acceptors (Lipinski definition) is 6. The van der Waals surface area contributed by atoms with Gasteiger partial charge in [0, 0.05) is 30.5 Å². The molecule has 7 heteroatoms. The average Bonchev–Trinajstić information content (AvgIpc) is 3.19. The lowest BCUT2D eigenvalue weighted by molar-refractivity contribution is -0.0664. The van der Waals surface area contributed by atoms with Gasteiger partial charge in [0.15, 0.2) is 0 Å². The second-order valence-electron chi connectivity index (χ2n) is 8.70. The highest BCUT2D eigenvalue weighted by Gasteiger charge is 2.25. The molecule has 1 N–H and O–H groups in total. The van der Waals surface area contributed by atoms with Gasteiger partial charge in [0.25, 0.3) is 0 Å². The Morgan fingerprint density at radius 1 is 1.31 bits per heavy atom. The normalized spacial score (nSPS) is 22.7. The maximum absolute atomic E-state index is 6.14. The number of morpholine rings is 1. The third kappa shape index (κ3) is 4.26. The number of fused-ring (bicyclic) bond motifs is 1. The van der Waals surface area contributed by atoms with Crippen LogP contribution in [-0.2, 0) is 10.3 Å². The minimum atomic E-state index is -0.0914. The molecule has 1 aliphatic rings. The molecule has 1 fully saturated rings. The van der Waals surface area contributed by atoms with E-state index in [1.165, 1.54) is 0 Å². The lowest BCUT2D eigenvalue weighted by Crippen LogP contribution is -2.51. The summed E-state index contributed by atoms with van der Waals surface area (Å²) in [6.07, 6.45) is 5.77. The quantitative estimate of drug-likeness (QED) is 0.730. The second-order valence-corrected chi connectivity index (χ2v) is 8.70. The van der Waals surface area contributed by atoms with Crippen LogP contribution in [-0.4, -0.2) is 51.1 Å². The first-order valence-electron chi connectivity index (χ1n) is 10.1. The van der Waals surface area contributed by atoms with Crippen molar-refractivity contribution in [2.45, 2.75) is 58.4 Å². The van der Waals surface area contributed by atoms with Crippen molar-refractivity contribution >= 4 is 10.9 Å². The highest BCUT2D eigenvalue weighted by atomic mass is 16.5. The van der Waals surface area contributed by atoms with Gasteiger partial charge >= 0.3 is 0 Å². The van der Waals surface area contributed by atoms with Crippen molar-refractivity contribution in [3.63, 3.8) is 0 Å². The highest BCUT2D eigenvalue weighted by Crippen LogP contribution is 2.29. The minimum Gasteiger partial charge on any atom is -0.474 e. The van der Waals surface area contributed by atoms with E-state index in [0.29, 0.717) is 18.5 Å². The molecule has 0 bridgehead atoms. The Labute approximate surface area is 171 Å². The molecule has 0 aromatic carbocycles. The summed E-state index contributed by atoms with van der Waals surface area (Å²) in [5, 5.41) is 8.85. The van der Waals surface area contributed by atoms with E-state index in [0.717, 1.165) is 28.7 Å². The molecule has 3 aromatic heterocycles. The first-order valence-corrected chi connectivity index (χ1v) is 10.1. The van der Waals surface area contributed by atoms with Gasteiger partial charge in [-0.25, -0.2) is 4.98 Å². The van der Waals surface area contributed by atoms with Gasteiger partial charge in [0.1, 0.15) is 12.7 Å². The molecule has 0 amide bonds. The molecule has 0 unspecified atom stereocenters. The monoisotopic (exact) mass is 395 g/mol. The summed E-state index contributed by atoms with van der Waals surface area (Å²) in [6, 6.07) is 6.21. The van der Waals surface area contributed by atoms with Gasteiger partial charge in [-0.05, 0) is 52.8 Å². The Bertz CT molecular complexity index is 994. The SMILES string of the molecule is C[C@@H]1NC[C@@H](COc2nc(-c3cnn(C(C)(C)C)c3)cc3ncccc23)O[C@@H]1C. The van der Waals surface area contributed by atoms with Crippen LogP contribution in [0.5, 0.6) is 5.88 Å². The van der Waals surface area contributed by atoms with E-state index in [4.69, 9.17) is 14.5 Å². The summed E-state index contributed by atoms with van der Waals surface area (Å²) in [6.45, 7) is 11.8. The maximum atomic E-state index is 6.14. The summed E-state index contributed by atoms with van der Waals surface area (Å²) < 4.78 is 14.1. The fourth-order valence-corrected chi connectivity index (χ4v) is 3.35. The molecule has 4 rings (SSSR count). The van der Waals surface area contributed by atoms with E-state index < -0.39 is 0 Å². The van der Waals surface area contributed by atoms with Crippen molar-refractivity contribution < 1.29 is 9.47 Å². The maximum Gasteiger partial charge on any atom is 0.223 e. The van der Waals surface area contributed by atoms with Crippen molar-refractivity contribution in [3.8, 4) is 17.1 Å². The molecule has 4 heterocycles. The molecule has 3 aromatic rings. The molecular formula is C22H29N5O2. The van der Waals surface area contributed by atoms with Gasteiger partial charge in [-0.3, -0.25) is 9.67 Å². The number of nitrogens with zero attached hydrogens (tertiary/aromatic N) is 4. The summed E-state index contributed by atoms with van der Waals surface area (Å²) in [4.78, 5) is 9.30. The largest absolute Gasteiger partial charge is 0.474 e. The molecule has 0 spiro atoms. The lowest BCUT2D eigenvalue weighted by atomic mass is 10.1. The van der Waals surface area contributed by atoms with E-state index in [1.807, 2.05) is 35.3 Å². The fourth-order valence-electron chi connectivity index (χ4n) is 3.35. The van der Waals surface area contributed by atoms with Crippen molar-refractivity contribution in [3.05, 3.63) is 36.8 Å². The molecule has 7 nitrogen and oxygen atoms in total. The number of ether oxygens (including phenoxy) is 2. The van der Waals surface area contributed by atoms with Gasteiger partial charge in [-0.15, -0.1) is 0 Å². The topological polar surface area (TPSA) is 74.1 Å². The van der Waals surface area contributed by atoms with Crippen molar-refractivity contribution in [2.24, 2.45) is 0 Å². The standard InChI is InChI=1S/C22H29N5O2/c1-14-15(2)29-17(11-24-14)13-28-21-18-7-6-8-23-20(18)9-19(26-21)16-10-25-27(12-16)22(3,4)5/h6-10,12,14-15,17,24H,11,13H2,1-5H3/t14-,15+,17-/m0/s1. The first-order chi connectivity index (χ1) is 13.8. The molecule has 0 radical (unpaired) electrons. The number of hydrogen-bond donors (Lipinski definition) is 1. The van der Waals surface area contributed by atoms with Crippen LogP contribution >= 0.6 is 0 Å². The Morgan fingerprint density at radius 3 is 2.86 bits per heavy atom. The van der Waals surface area contributed by atoms with Crippen LogP contribution < -0.4 is 10.1 Å².